The van der Waals surface area contributed by atoms with Crippen LogP contribution in [0.2, 0.25) is 0 Å². The van der Waals surface area contributed by atoms with Gasteiger partial charge in [0.25, 0.3) is 0 Å². The Morgan fingerprint density at radius 3 is 2.80 bits per heavy atom. The molecule has 0 bridgehead atoms. The maximum Gasteiger partial charge on any atom is 0.109 e. The Morgan fingerprint density at radius 1 is 1.15 bits per heavy atom. The summed E-state index contributed by atoms with van der Waals surface area (Å²) in [5.74, 6) is 1.08. The molecule has 3 rings (SSSR count). The van der Waals surface area contributed by atoms with Crippen LogP contribution in [0.25, 0.3) is 11.0 Å². The summed E-state index contributed by atoms with van der Waals surface area (Å²) in [4.78, 5) is 9.07. The quantitative estimate of drug-likeness (QED) is 0.787. The number of pyridine rings is 1. The van der Waals surface area contributed by atoms with Crippen LogP contribution in [0.3, 0.4) is 0 Å². The highest BCUT2D eigenvalue weighted by Gasteiger charge is 2.08. The monoisotopic (exact) mass is 266 g/mol. The molecule has 102 valence electrons. The molecule has 0 aliphatic carbocycles. The molecule has 0 saturated heterocycles. The fraction of sp³-hybridized carbons (Fsp3) is 0.250. The highest BCUT2D eigenvalue weighted by Crippen LogP contribution is 2.17. The van der Waals surface area contributed by atoms with Gasteiger partial charge in [0, 0.05) is 31.9 Å². The predicted molar refractivity (Wildman–Crippen MR) is 80.3 cm³/mol. The van der Waals surface area contributed by atoms with Crippen LogP contribution in [0.15, 0.2) is 42.6 Å². The molecule has 0 atom stereocenters. The minimum atomic E-state index is 0.551. The summed E-state index contributed by atoms with van der Waals surface area (Å²) < 4.78 is 2.15. The summed E-state index contributed by atoms with van der Waals surface area (Å²) in [6.45, 7) is 0.551. The first-order valence-electron chi connectivity index (χ1n) is 6.82. The molecule has 20 heavy (non-hydrogen) atoms. The van der Waals surface area contributed by atoms with Gasteiger partial charge in [0.05, 0.1) is 11.0 Å². The largest absolute Gasteiger partial charge is 0.331 e. The van der Waals surface area contributed by atoms with E-state index in [9.17, 15) is 0 Å². The van der Waals surface area contributed by atoms with Crippen LogP contribution in [0.5, 0.6) is 0 Å². The number of hydrogen-bond acceptors (Lipinski definition) is 3. The van der Waals surface area contributed by atoms with Crippen LogP contribution in [0.4, 0.5) is 0 Å². The first kappa shape index (κ1) is 12.8. The van der Waals surface area contributed by atoms with E-state index in [2.05, 4.69) is 40.9 Å². The van der Waals surface area contributed by atoms with E-state index in [0.717, 1.165) is 41.0 Å². The van der Waals surface area contributed by atoms with Crippen LogP contribution in [-0.4, -0.2) is 14.5 Å². The topological polar surface area (TPSA) is 56.7 Å². The van der Waals surface area contributed by atoms with E-state index >= 15 is 0 Å². The highest BCUT2D eigenvalue weighted by molar-refractivity contribution is 5.76. The van der Waals surface area contributed by atoms with Gasteiger partial charge in [0.2, 0.25) is 0 Å². The van der Waals surface area contributed by atoms with Gasteiger partial charge in [-0.3, -0.25) is 4.98 Å². The van der Waals surface area contributed by atoms with Crippen LogP contribution >= 0.6 is 0 Å². The van der Waals surface area contributed by atoms with E-state index in [1.54, 1.807) is 0 Å². The molecule has 0 unspecified atom stereocenters. The molecule has 3 aromatic rings. The smallest absolute Gasteiger partial charge is 0.109 e. The van der Waals surface area contributed by atoms with E-state index in [-0.39, 0.29) is 0 Å². The van der Waals surface area contributed by atoms with E-state index in [0.29, 0.717) is 6.54 Å². The summed E-state index contributed by atoms with van der Waals surface area (Å²) in [6.07, 6.45) is 3.62. The molecule has 4 heteroatoms. The molecule has 0 radical (unpaired) electrons. The van der Waals surface area contributed by atoms with Crippen molar-refractivity contribution in [3.05, 3.63) is 59.7 Å². The zero-order valence-corrected chi connectivity index (χ0v) is 11.6. The number of benzene rings is 1. The fourth-order valence-electron chi connectivity index (χ4n) is 2.43. The van der Waals surface area contributed by atoms with Crippen molar-refractivity contribution in [1.29, 1.82) is 0 Å². The lowest BCUT2D eigenvalue weighted by atomic mass is 10.2. The third-order valence-electron chi connectivity index (χ3n) is 3.60. The zero-order valence-electron chi connectivity index (χ0n) is 11.6. The Morgan fingerprint density at radius 2 is 2.05 bits per heavy atom. The molecule has 0 aliphatic rings. The zero-order chi connectivity index (χ0) is 13.9. The van der Waals surface area contributed by atoms with Gasteiger partial charge < -0.3 is 10.3 Å². The Labute approximate surface area is 118 Å². The third kappa shape index (κ3) is 2.42. The number of rotatable bonds is 4. The van der Waals surface area contributed by atoms with Crippen molar-refractivity contribution >= 4 is 11.0 Å². The van der Waals surface area contributed by atoms with Gasteiger partial charge >= 0.3 is 0 Å². The van der Waals surface area contributed by atoms with Crippen LogP contribution < -0.4 is 5.73 Å². The normalized spacial score (nSPS) is 11.1. The maximum atomic E-state index is 5.68. The van der Waals surface area contributed by atoms with Crippen molar-refractivity contribution in [3.8, 4) is 0 Å². The molecular weight excluding hydrogens is 248 g/mol. The number of hydrogen-bond donors (Lipinski definition) is 1. The van der Waals surface area contributed by atoms with Gasteiger partial charge in [-0.1, -0.05) is 12.1 Å². The molecule has 0 spiro atoms. The van der Waals surface area contributed by atoms with Gasteiger partial charge in [-0.15, -0.1) is 0 Å². The average Bonchev–Trinajstić information content (AvgIpc) is 2.82. The number of imidazole rings is 1. The Kier molecular flexibility index (Phi) is 3.48. The van der Waals surface area contributed by atoms with Crippen molar-refractivity contribution in [2.24, 2.45) is 12.8 Å². The Bertz CT molecular complexity index is 716. The SMILES string of the molecule is Cn1c(CCc2ccccn2)nc2cc(CN)ccc21. The molecule has 1 aromatic carbocycles. The standard InChI is InChI=1S/C16H18N4/c1-20-15-7-5-12(11-17)10-14(15)19-16(20)8-6-13-4-2-3-9-18-13/h2-5,7,9-10H,6,8,11,17H2,1H3. The van der Waals surface area contributed by atoms with Crippen molar-refractivity contribution < 1.29 is 0 Å². The number of nitrogens with two attached hydrogens (primary N) is 1. The lowest BCUT2D eigenvalue weighted by Gasteiger charge is -2.02. The summed E-state index contributed by atoms with van der Waals surface area (Å²) >= 11 is 0. The molecule has 2 heterocycles. The van der Waals surface area contributed by atoms with E-state index in [1.807, 2.05) is 18.3 Å². The second-order valence-corrected chi connectivity index (χ2v) is 4.94. The molecule has 0 saturated carbocycles. The fourth-order valence-corrected chi connectivity index (χ4v) is 2.43. The minimum absolute atomic E-state index is 0.551. The van der Waals surface area contributed by atoms with Crippen molar-refractivity contribution in [2.45, 2.75) is 19.4 Å². The molecule has 0 aliphatic heterocycles. The summed E-state index contributed by atoms with van der Waals surface area (Å²) in [5.41, 5.74) is 10.1. The van der Waals surface area contributed by atoms with Gasteiger partial charge in [0.1, 0.15) is 5.82 Å². The number of aryl methyl sites for hydroxylation is 3. The van der Waals surface area contributed by atoms with Gasteiger partial charge in [-0.05, 0) is 36.2 Å². The van der Waals surface area contributed by atoms with Gasteiger partial charge in [-0.2, -0.15) is 0 Å². The first-order chi connectivity index (χ1) is 9.78. The number of nitrogens with zero attached hydrogens (tertiary/aromatic N) is 3. The van der Waals surface area contributed by atoms with E-state index < -0.39 is 0 Å². The van der Waals surface area contributed by atoms with E-state index in [1.165, 1.54) is 0 Å². The lowest BCUT2D eigenvalue weighted by Crippen LogP contribution is -2.01. The Balaban J connectivity index is 1.86. The summed E-state index contributed by atoms with van der Waals surface area (Å²) in [6, 6.07) is 12.2. The minimum Gasteiger partial charge on any atom is -0.331 e. The molecule has 2 N–H and O–H groups in total. The van der Waals surface area contributed by atoms with Crippen LogP contribution in [0, 0.1) is 0 Å². The lowest BCUT2D eigenvalue weighted by molar-refractivity contribution is 0.776. The molecule has 0 fully saturated rings. The van der Waals surface area contributed by atoms with Crippen molar-refractivity contribution in [2.75, 3.05) is 0 Å². The molecule has 2 aromatic heterocycles. The Hall–Kier alpha value is -2.20. The number of fused-ring (bicyclic) bond motifs is 1. The first-order valence-corrected chi connectivity index (χ1v) is 6.82. The van der Waals surface area contributed by atoms with Crippen LogP contribution in [-0.2, 0) is 26.4 Å². The van der Waals surface area contributed by atoms with Crippen molar-refractivity contribution in [3.63, 3.8) is 0 Å². The molecule has 0 amide bonds. The third-order valence-corrected chi connectivity index (χ3v) is 3.60. The summed E-state index contributed by atoms with van der Waals surface area (Å²) in [7, 11) is 2.06. The second kappa shape index (κ2) is 5.43. The number of aromatic nitrogens is 3. The predicted octanol–water partition coefficient (Wildman–Crippen LogP) is 2.21. The van der Waals surface area contributed by atoms with Crippen molar-refractivity contribution in [1.82, 2.24) is 14.5 Å². The summed E-state index contributed by atoms with van der Waals surface area (Å²) in [5, 5.41) is 0. The molecule has 4 nitrogen and oxygen atoms in total. The van der Waals surface area contributed by atoms with Crippen LogP contribution in [0.1, 0.15) is 17.1 Å². The van der Waals surface area contributed by atoms with Gasteiger partial charge in [0.15, 0.2) is 0 Å². The second-order valence-electron chi connectivity index (χ2n) is 4.94. The average molecular weight is 266 g/mol. The van der Waals surface area contributed by atoms with E-state index in [4.69, 9.17) is 10.7 Å². The van der Waals surface area contributed by atoms with Gasteiger partial charge in [-0.25, -0.2) is 4.98 Å². The maximum absolute atomic E-state index is 5.68. The molecular formula is C16H18N4. The highest BCUT2D eigenvalue weighted by atomic mass is 15.1.